The zero-order valence-corrected chi connectivity index (χ0v) is 10.3. The molecule has 0 saturated heterocycles. The molecule has 0 aliphatic heterocycles. The summed E-state index contributed by atoms with van der Waals surface area (Å²) in [6.07, 6.45) is 1.51. The van der Waals surface area contributed by atoms with Gasteiger partial charge in [-0.15, -0.1) is 0 Å². The molecule has 0 radical (unpaired) electrons. The lowest BCUT2D eigenvalue weighted by Crippen LogP contribution is -2.04. The molecule has 0 N–H and O–H groups in total. The highest BCUT2D eigenvalue weighted by Gasteiger charge is 2.09. The molecule has 82 valence electrons. The van der Waals surface area contributed by atoms with E-state index in [9.17, 15) is 4.79 Å². The summed E-state index contributed by atoms with van der Waals surface area (Å²) >= 11 is 2.75. The van der Waals surface area contributed by atoms with Gasteiger partial charge >= 0.3 is 0 Å². The van der Waals surface area contributed by atoms with Crippen molar-refractivity contribution in [1.82, 2.24) is 9.36 Å². The normalized spacial score (nSPS) is 10.3. The third-order valence-electron chi connectivity index (χ3n) is 2.11. The van der Waals surface area contributed by atoms with Crippen molar-refractivity contribution in [3.63, 3.8) is 0 Å². The van der Waals surface area contributed by atoms with E-state index >= 15 is 0 Å². The fraction of sp³-hybridized carbons (Fsp3) is 0.182. The number of ketones is 1. The van der Waals surface area contributed by atoms with Gasteiger partial charge in [0.15, 0.2) is 10.1 Å². The Morgan fingerprint density at radius 3 is 2.94 bits per heavy atom. The molecule has 2 rings (SSSR count). The molecule has 1 aromatic heterocycles. The Balaban J connectivity index is 2.01. The van der Waals surface area contributed by atoms with Gasteiger partial charge in [0, 0.05) is 5.56 Å². The first-order valence-corrected chi connectivity index (χ1v) is 6.51. The number of Topliss-reactive ketones (excluding diaryl/α,β-unsaturated/α-hetero) is 1. The van der Waals surface area contributed by atoms with Gasteiger partial charge in [-0.2, -0.15) is 4.37 Å². The Kier molecular flexibility index (Phi) is 3.69. The molecule has 3 nitrogen and oxygen atoms in total. The second kappa shape index (κ2) is 5.23. The first-order chi connectivity index (χ1) is 7.77. The smallest absolute Gasteiger partial charge is 0.173 e. The summed E-state index contributed by atoms with van der Waals surface area (Å²) in [6, 6.07) is 7.63. The lowest BCUT2D eigenvalue weighted by Gasteiger charge is -2.02. The molecule has 0 aliphatic carbocycles. The molecule has 5 heteroatoms. The maximum Gasteiger partial charge on any atom is 0.173 e. The zero-order chi connectivity index (χ0) is 11.4. The van der Waals surface area contributed by atoms with E-state index in [1.165, 1.54) is 29.6 Å². The highest BCUT2D eigenvalue weighted by Crippen LogP contribution is 2.20. The molecule has 0 fully saturated rings. The van der Waals surface area contributed by atoms with E-state index in [-0.39, 0.29) is 5.78 Å². The van der Waals surface area contributed by atoms with Crippen molar-refractivity contribution >= 4 is 29.1 Å². The number of nitrogens with zero attached hydrogens (tertiary/aromatic N) is 2. The van der Waals surface area contributed by atoms with E-state index in [2.05, 4.69) is 9.36 Å². The SMILES string of the molecule is Cc1ccccc1C(=O)CSc1ncns1. The van der Waals surface area contributed by atoms with Crippen LogP contribution in [0.4, 0.5) is 0 Å². The van der Waals surface area contributed by atoms with E-state index in [1.54, 1.807) is 0 Å². The number of benzene rings is 1. The van der Waals surface area contributed by atoms with Gasteiger partial charge in [-0.05, 0) is 24.0 Å². The van der Waals surface area contributed by atoms with Crippen LogP contribution in [0.5, 0.6) is 0 Å². The Labute approximate surface area is 102 Å². The second-order valence-electron chi connectivity index (χ2n) is 3.23. The van der Waals surface area contributed by atoms with Crippen LogP contribution in [-0.4, -0.2) is 20.9 Å². The fourth-order valence-electron chi connectivity index (χ4n) is 1.32. The fourth-order valence-corrected chi connectivity index (χ4v) is 2.64. The van der Waals surface area contributed by atoms with Crippen molar-refractivity contribution in [3.8, 4) is 0 Å². The van der Waals surface area contributed by atoms with Crippen LogP contribution in [0.25, 0.3) is 0 Å². The number of rotatable bonds is 4. The minimum Gasteiger partial charge on any atom is -0.293 e. The van der Waals surface area contributed by atoms with E-state index in [1.807, 2.05) is 31.2 Å². The number of carbonyl (C=O) groups is 1. The predicted molar refractivity (Wildman–Crippen MR) is 66.1 cm³/mol. The largest absolute Gasteiger partial charge is 0.293 e. The molecule has 0 amide bonds. The third-order valence-corrected chi connectivity index (χ3v) is 3.91. The van der Waals surface area contributed by atoms with Crippen LogP contribution in [-0.2, 0) is 0 Å². The summed E-state index contributed by atoms with van der Waals surface area (Å²) in [7, 11) is 0. The highest BCUT2D eigenvalue weighted by atomic mass is 32.2. The molecule has 0 bridgehead atoms. The van der Waals surface area contributed by atoms with E-state index in [0.29, 0.717) is 5.75 Å². The predicted octanol–water partition coefficient (Wildman–Crippen LogP) is 2.82. The number of aromatic nitrogens is 2. The highest BCUT2D eigenvalue weighted by molar-refractivity contribution is 8.01. The standard InChI is InChI=1S/C11H10N2OS2/c1-8-4-2-3-5-9(8)10(14)6-15-11-12-7-13-16-11/h2-5,7H,6H2,1H3. The van der Waals surface area contributed by atoms with Crippen molar-refractivity contribution in [2.45, 2.75) is 11.3 Å². The van der Waals surface area contributed by atoms with Crippen LogP contribution in [0.3, 0.4) is 0 Å². The maximum absolute atomic E-state index is 11.9. The van der Waals surface area contributed by atoms with Crippen LogP contribution in [0.15, 0.2) is 34.9 Å². The van der Waals surface area contributed by atoms with E-state index in [0.717, 1.165) is 15.5 Å². The number of thioether (sulfide) groups is 1. The monoisotopic (exact) mass is 250 g/mol. The van der Waals surface area contributed by atoms with Gasteiger partial charge in [0.25, 0.3) is 0 Å². The lowest BCUT2D eigenvalue weighted by molar-refractivity contribution is 0.102. The first-order valence-electron chi connectivity index (χ1n) is 4.75. The minimum absolute atomic E-state index is 0.137. The molecular weight excluding hydrogens is 240 g/mol. The molecule has 0 spiro atoms. The molecule has 0 saturated carbocycles. The van der Waals surface area contributed by atoms with Crippen molar-refractivity contribution < 1.29 is 4.79 Å². The van der Waals surface area contributed by atoms with Crippen LogP contribution < -0.4 is 0 Å². The van der Waals surface area contributed by atoms with Crippen LogP contribution in [0, 0.1) is 6.92 Å². The summed E-state index contributed by atoms with van der Waals surface area (Å²) in [6.45, 7) is 1.95. The van der Waals surface area contributed by atoms with Crippen molar-refractivity contribution in [1.29, 1.82) is 0 Å². The number of hydrogen-bond donors (Lipinski definition) is 0. The van der Waals surface area contributed by atoms with Crippen LogP contribution in [0.1, 0.15) is 15.9 Å². The summed E-state index contributed by atoms with van der Waals surface area (Å²) in [5.41, 5.74) is 1.81. The second-order valence-corrected chi connectivity index (χ2v) is 5.24. The van der Waals surface area contributed by atoms with Gasteiger partial charge in [-0.1, -0.05) is 36.0 Å². The Bertz CT molecular complexity index is 482. The topological polar surface area (TPSA) is 42.9 Å². The number of aryl methyl sites for hydroxylation is 1. The van der Waals surface area contributed by atoms with Crippen molar-refractivity contribution in [3.05, 3.63) is 41.7 Å². The average molecular weight is 250 g/mol. The van der Waals surface area contributed by atoms with Gasteiger partial charge in [0.2, 0.25) is 0 Å². The Hall–Kier alpha value is -1.20. The first kappa shape index (κ1) is 11.3. The lowest BCUT2D eigenvalue weighted by atomic mass is 10.1. The minimum atomic E-state index is 0.137. The van der Waals surface area contributed by atoms with E-state index < -0.39 is 0 Å². The molecule has 1 aromatic carbocycles. The summed E-state index contributed by atoms with van der Waals surface area (Å²) in [4.78, 5) is 15.9. The third kappa shape index (κ3) is 2.68. The molecule has 0 atom stereocenters. The molecule has 1 heterocycles. The molecule has 0 aliphatic rings. The summed E-state index contributed by atoms with van der Waals surface area (Å²) in [5.74, 6) is 0.554. The van der Waals surface area contributed by atoms with E-state index in [4.69, 9.17) is 0 Å². The Morgan fingerprint density at radius 2 is 2.25 bits per heavy atom. The van der Waals surface area contributed by atoms with Gasteiger partial charge in [0.1, 0.15) is 6.33 Å². The molecular formula is C11H10N2OS2. The van der Waals surface area contributed by atoms with Crippen LogP contribution >= 0.6 is 23.3 Å². The zero-order valence-electron chi connectivity index (χ0n) is 8.71. The van der Waals surface area contributed by atoms with Gasteiger partial charge < -0.3 is 0 Å². The van der Waals surface area contributed by atoms with Crippen molar-refractivity contribution in [2.24, 2.45) is 0 Å². The van der Waals surface area contributed by atoms with Gasteiger partial charge in [-0.25, -0.2) is 4.98 Å². The summed E-state index contributed by atoms with van der Waals surface area (Å²) in [5, 5.41) is 0. The van der Waals surface area contributed by atoms with Gasteiger partial charge in [0.05, 0.1) is 5.75 Å². The number of hydrogen-bond acceptors (Lipinski definition) is 5. The summed E-state index contributed by atoms with van der Waals surface area (Å²) < 4.78 is 4.72. The molecule has 16 heavy (non-hydrogen) atoms. The average Bonchev–Trinajstić information content (AvgIpc) is 2.79. The quantitative estimate of drug-likeness (QED) is 0.618. The molecule has 2 aromatic rings. The van der Waals surface area contributed by atoms with Crippen LogP contribution in [0.2, 0.25) is 0 Å². The molecule has 0 unspecified atom stereocenters. The maximum atomic E-state index is 11.9. The Morgan fingerprint density at radius 1 is 1.44 bits per heavy atom. The van der Waals surface area contributed by atoms with Crippen molar-refractivity contribution in [2.75, 3.05) is 5.75 Å². The number of carbonyl (C=O) groups excluding carboxylic acids is 1. The van der Waals surface area contributed by atoms with Gasteiger partial charge in [-0.3, -0.25) is 4.79 Å².